The number of carbonyl (C=O) groups excluding carboxylic acids is 1. The molecule has 0 rings (SSSR count). The van der Waals surface area contributed by atoms with E-state index in [9.17, 15) is 14.7 Å². The predicted octanol–water partition coefficient (Wildman–Crippen LogP) is 2.71. The lowest BCUT2D eigenvalue weighted by atomic mass is 9.93. The highest BCUT2D eigenvalue weighted by molar-refractivity contribution is 5.86. The summed E-state index contributed by atoms with van der Waals surface area (Å²) in [5, 5.41) is 12.0. The van der Waals surface area contributed by atoms with Gasteiger partial charge in [-0.15, -0.1) is 0 Å². The summed E-state index contributed by atoms with van der Waals surface area (Å²) in [6.07, 6.45) is 0.746. The van der Waals surface area contributed by atoms with E-state index in [2.05, 4.69) is 5.32 Å². The van der Waals surface area contributed by atoms with Crippen molar-refractivity contribution in [3.8, 4) is 0 Å². The molecule has 0 saturated heterocycles. The van der Waals surface area contributed by atoms with Crippen LogP contribution in [-0.4, -0.2) is 40.1 Å². The van der Waals surface area contributed by atoms with E-state index in [4.69, 9.17) is 0 Å². The van der Waals surface area contributed by atoms with E-state index in [1.165, 1.54) is 0 Å². The van der Waals surface area contributed by atoms with Crippen LogP contribution in [0.4, 0.5) is 4.79 Å². The quantitative estimate of drug-likeness (QED) is 0.748. The normalized spacial score (nSPS) is 11.8. The van der Waals surface area contributed by atoms with Crippen LogP contribution in [0.25, 0.3) is 0 Å². The molecule has 0 aromatic heterocycles. The number of aliphatic carboxylic acids is 1. The molecule has 0 aliphatic carbocycles. The van der Waals surface area contributed by atoms with Crippen molar-refractivity contribution in [3.05, 3.63) is 0 Å². The minimum Gasteiger partial charge on any atom is -0.480 e. The number of carboxylic acid groups (broad SMARTS) is 1. The molecule has 112 valence electrons. The first-order valence-electron chi connectivity index (χ1n) is 7.02. The third kappa shape index (κ3) is 4.73. The number of amides is 2. The Morgan fingerprint density at radius 1 is 1.16 bits per heavy atom. The Kier molecular flexibility index (Phi) is 6.87. The molecular weight excluding hydrogens is 244 g/mol. The molecule has 0 fully saturated rings. The topological polar surface area (TPSA) is 69.6 Å². The minimum atomic E-state index is -1.17. The van der Waals surface area contributed by atoms with Crippen LogP contribution in [0, 0.1) is 5.92 Å². The highest BCUT2D eigenvalue weighted by atomic mass is 16.4. The summed E-state index contributed by atoms with van der Waals surface area (Å²) in [6.45, 7) is 12.1. The molecule has 0 bridgehead atoms. The number of rotatable bonds is 7. The van der Waals surface area contributed by atoms with Crippen molar-refractivity contribution in [2.24, 2.45) is 5.92 Å². The second-order valence-corrected chi connectivity index (χ2v) is 5.66. The molecule has 5 nitrogen and oxygen atoms in total. The lowest BCUT2D eigenvalue weighted by Crippen LogP contribution is -2.58. The minimum absolute atomic E-state index is 0.0441. The zero-order valence-corrected chi connectivity index (χ0v) is 13.0. The molecule has 5 heteroatoms. The Morgan fingerprint density at radius 3 is 1.89 bits per heavy atom. The summed E-state index contributed by atoms with van der Waals surface area (Å²) in [5.41, 5.74) is -1.17. The van der Waals surface area contributed by atoms with Crippen LogP contribution < -0.4 is 5.32 Å². The lowest BCUT2D eigenvalue weighted by molar-refractivity contribution is -0.144. The fraction of sp³-hybridized carbons (Fsp3) is 0.857. The maximum Gasteiger partial charge on any atom is 0.329 e. The Hall–Kier alpha value is -1.26. The molecule has 0 saturated carbocycles. The molecule has 0 radical (unpaired) electrons. The van der Waals surface area contributed by atoms with Gasteiger partial charge in [0.15, 0.2) is 0 Å². The van der Waals surface area contributed by atoms with Gasteiger partial charge in [0.25, 0.3) is 0 Å². The van der Waals surface area contributed by atoms with Gasteiger partial charge in [0.2, 0.25) is 0 Å². The average molecular weight is 272 g/mol. The highest BCUT2D eigenvalue weighted by Gasteiger charge is 2.37. The first kappa shape index (κ1) is 17.7. The van der Waals surface area contributed by atoms with Crippen LogP contribution >= 0.6 is 0 Å². The van der Waals surface area contributed by atoms with Gasteiger partial charge in [-0.1, -0.05) is 27.7 Å². The van der Waals surface area contributed by atoms with E-state index < -0.39 is 11.5 Å². The number of urea groups is 1. The molecule has 2 amide bonds. The van der Waals surface area contributed by atoms with Gasteiger partial charge in [0, 0.05) is 12.6 Å². The van der Waals surface area contributed by atoms with Crippen molar-refractivity contribution in [1.29, 1.82) is 0 Å². The molecule has 19 heavy (non-hydrogen) atoms. The number of nitrogens with one attached hydrogen (secondary N) is 1. The first-order chi connectivity index (χ1) is 8.70. The summed E-state index contributed by atoms with van der Waals surface area (Å²) in [5.74, 6) is -0.630. The number of hydrogen-bond acceptors (Lipinski definition) is 2. The molecule has 0 aliphatic rings. The number of nitrogens with zero attached hydrogens (tertiary/aromatic N) is 1. The first-order valence-corrected chi connectivity index (χ1v) is 7.02. The van der Waals surface area contributed by atoms with Crippen LogP contribution in [0.5, 0.6) is 0 Å². The van der Waals surface area contributed by atoms with E-state index in [0.29, 0.717) is 25.3 Å². The maximum atomic E-state index is 12.3. The Labute approximate surface area is 116 Å². The van der Waals surface area contributed by atoms with E-state index in [-0.39, 0.29) is 12.1 Å². The summed E-state index contributed by atoms with van der Waals surface area (Å²) < 4.78 is 0. The van der Waals surface area contributed by atoms with Crippen molar-refractivity contribution in [2.75, 3.05) is 6.54 Å². The zero-order chi connectivity index (χ0) is 15.2. The third-order valence-electron chi connectivity index (χ3n) is 3.41. The number of carbonyl (C=O) groups is 2. The number of hydrogen-bond donors (Lipinski definition) is 2. The van der Waals surface area contributed by atoms with E-state index in [0.717, 1.165) is 0 Å². The predicted molar refractivity (Wildman–Crippen MR) is 76.2 cm³/mol. The molecule has 0 aromatic carbocycles. The van der Waals surface area contributed by atoms with Crippen LogP contribution in [0.15, 0.2) is 0 Å². The van der Waals surface area contributed by atoms with Crippen LogP contribution in [-0.2, 0) is 4.79 Å². The second kappa shape index (κ2) is 7.36. The Balaban J connectivity index is 5.01. The molecule has 0 unspecified atom stereocenters. The van der Waals surface area contributed by atoms with Gasteiger partial charge >= 0.3 is 12.0 Å². The fourth-order valence-electron chi connectivity index (χ4n) is 1.98. The average Bonchev–Trinajstić information content (AvgIpc) is 2.31. The second-order valence-electron chi connectivity index (χ2n) is 5.66. The van der Waals surface area contributed by atoms with E-state index in [1.807, 2.05) is 27.7 Å². The van der Waals surface area contributed by atoms with Crippen molar-refractivity contribution < 1.29 is 14.7 Å². The SMILES string of the molecule is CCC(CC)(NC(=O)N(CC(C)C)C(C)C)C(=O)O. The monoisotopic (exact) mass is 272 g/mol. The van der Waals surface area contributed by atoms with Gasteiger partial charge in [0.1, 0.15) is 5.54 Å². The molecule has 0 atom stereocenters. The summed E-state index contributed by atoms with van der Waals surface area (Å²) in [6, 6.07) is -0.252. The summed E-state index contributed by atoms with van der Waals surface area (Å²) in [4.78, 5) is 25.4. The van der Waals surface area contributed by atoms with Crippen LogP contribution in [0.1, 0.15) is 54.4 Å². The molecule has 2 N–H and O–H groups in total. The lowest BCUT2D eigenvalue weighted by Gasteiger charge is -2.34. The van der Waals surface area contributed by atoms with Gasteiger partial charge < -0.3 is 15.3 Å². The molecule has 0 aromatic rings. The molecule has 0 heterocycles. The van der Waals surface area contributed by atoms with E-state index in [1.54, 1.807) is 18.7 Å². The van der Waals surface area contributed by atoms with E-state index >= 15 is 0 Å². The van der Waals surface area contributed by atoms with Gasteiger partial charge in [0.05, 0.1) is 0 Å². The highest BCUT2D eigenvalue weighted by Crippen LogP contribution is 2.17. The standard InChI is InChI=1S/C14H28N2O3/c1-7-14(8-2,12(17)18)15-13(19)16(11(5)6)9-10(3)4/h10-11H,7-9H2,1-6H3,(H,15,19)(H,17,18). The Morgan fingerprint density at radius 2 is 1.63 bits per heavy atom. The fourth-order valence-corrected chi connectivity index (χ4v) is 1.98. The van der Waals surface area contributed by atoms with Crippen LogP contribution in [0.2, 0.25) is 0 Å². The van der Waals surface area contributed by atoms with Crippen molar-refractivity contribution in [1.82, 2.24) is 10.2 Å². The van der Waals surface area contributed by atoms with Crippen molar-refractivity contribution in [2.45, 2.75) is 66.0 Å². The maximum absolute atomic E-state index is 12.3. The number of carboxylic acids is 1. The van der Waals surface area contributed by atoms with Crippen molar-refractivity contribution >= 4 is 12.0 Å². The van der Waals surface area contributed by atoms with Gasteiger partial charge in [-0.2, -0.15) is 0 Å². The van der Waals surface area contributed by atoms with Crippen LogP contribution in [0.3, 0.4) is 0 Å². The molecule has 0 spiro atoms. The molecule has 0 aliphatic heterocycles. The Bertz CT molecular complexity index is 310. The van der Waals surface area contributed by atoms with Crippen molar-refractivity contribution in [3.63, 3.8) is 0 Å². The van der Waals surface area contributed by atoms with Gasteiger partial charge in [-0.25, -0.2) is 9.59 Å². The summed E-state index contributed by atoms with van der Waals surface area (Å²) in [7, 11) is 0. The van der Waals surface area contributed by atoms with Gasteiger partial charge in [-0.3, -0.25) is 0 Å². The third-order valence-corrected chi connectivity index (χ3v) is 3.41. The largest absolute Gasteiger partial charge is 0.480 e. The zero-order valence-electron chi connectivity index (χ0n) is 13.0. The summed E-state index contributed by atoms with van der Waals surface area (Å²) >= 11 is 0. The molecular formula is C14H28N2O3. The smallest absolute Gasteiger partial charge is 0.329 e. The van der Waals surface area contributed by atoms with Gasteiger partial charge in [-0.05, 0) is 32.6 Å².